The van der Waals surface area contributed by atoms with Crippen LogP contribution in [0.5, 0.6) is 0 Å². The second kappa shape index (κ2) is 136. The van der Waals surface area contributed by atoms with Crippen molar-refractivity contribution >= 4 is 0 Å². The van der Waals surface area contributed by atoms with Crippen molar-refractivity contribution in [2.45, 2.75) is 0 Å². The minimum absolute atomic E-state index is 0. The summed E-state index contributed by atoms with van der Waals surface area (Å²) >= 11 is 0. The molecule has 1 radical (unpaired) electrons. The van der Waals surface area contributed by atoms with Crippen LogP contribution in [-0.2, 0) is 94.2 Å². The predicted octanol–water partition coefficient (Wildman–Crippen LogP) is -0.485. The van der Waals surface area contributed by atoms with E-state index in [2.05, 4.69) is 0 Å². The van der Waals surface area contributed by atoms with Gasteiger partial charge in [-0.15, -0.1) is 0 Å². The molecule has 0 spiro atoms. The van der Waals surface area contributed by atoms with Gasteiger partial charge in [0.15, 0.2) is 0 Å². The summed E-state index contributed by atoms with van der Waals surface area (Å²) in [6.07, 6.45) is 0. The molecule has 0 bridgehead atoms. The smallest absolute Gasteiger partial charge is 2.00 e. The minimum atomic E-state index is 0. The van der Waals surface area contributed by atoms with E-state index in [9.17, 15) is 0 Å². The molecule has 0 fully saturated rings. The zero-order valence-electron chi connectivity index (χ0n) is 2.95. The molecule has 0 rings (SSSR count). The topological polar surface area (TPSA) is 114 Å². The molecule has 8 heavy (non-hydrogen) atoms. The van der Waals surface area contributed by atoms with Gasteiger partial charge in [-0.05, 0) is 0 Å². The molecule has 0 aliphatic heterocycles. The van der Waals surface area contributed by atoms with Crippen LogP contribution in [0.4, 0.5) is 0 Å². The van der Waals surface area contributed by atoms with Gasteiger partial charge >= 0.3 is 55.2 Å². The minimum Gasteiger partial charge on any atom is -2.00 e. The summed E-state index contributed by atoms with van der Waals surface area (Å²) in [4.78, 5) is 0. The monoisotopic (exact) mass is 437 g/mol. The Morgan fingerprint density at radius 3 is 0.500 bits per heavy atom. The Kier molecular flexibility index (Phi) is 3260. The van der Waals surface area contributed by atoms with Gasteiger partial charge in [-0.25, -0.2) is 0 Å². The Morgan fingerprint density at radius 1 is 0.500 bits per heavy atom. The van der Waals surface area contributed by atoms with Crippen molar-refractivity contribution in [1.29, 1.82) is 0 Å². The molecular weight excluding hydrogens is 438 g/mol. The van der Waals surface area contributed by atoms with Crippen LogP contribution >= 0.6 is 0 Å². The van der Waals surface area contributed by atoms with E-state index in [1.807, 2.05) is 0 Å². The van der Waals surface area contributed by atoms with E-state index in [0.717, 1.165) is 0 Å². The zero-order chi connectivity index (χ0) is 0. The second-order valence-corrected chi connectivity index (χ2v) is 0. The normalized spacial score (nSPS) is 0. The number of hydrogen-bond donors (Lipinski definition) is 0. The van der Waals surface area contributed by atoms with E-state index in [1.54, 1.807) is 0 Å². The van der Waals surface area contributed by atoms with Gasteiger partial charge in [0, 0.05) is 17.1 Å². The van der Waals surface area contributed by atoms with Gasteiger partial charge in [0.25, 0.3) is 0 Å². The zero-order valence-corrected chi connectivity index (χ0v) is 8.70. The molecule has 0 amide bonds. The molecule has 0 aliphatic carbocycles. The fourth-order valence-corrected chi connectivity index (χ4v) is 0. The van der Waals surface area contributed by atoms with E-state index >= 15 is 0 Å². The molecule has 0 saturated carbocycles. The van der Waals surface area contributed by atoms with Crippen LogP contribution in [-0.4, -0.2) is 0 Å². The molecule has 0 atom stereocenters. The van der Waals surface area contributed by atoms with E-state index in [-0.39, 0.29) is 94.2 Å². The third-order valence-corrected chi connectivity index (χ3v) is 0. The largest absolute Gasteiger partial charge is 6.00 e. The maximum absolute atomic E-state index is 0. The maximum Gasteiger partial charge on any atom is 6.00 e. The van der Waals surface area contributed by atoms with Crippen molar-refractivity contribution in [2.75, 3.05) is 0 Å². The maximum atomic E-state index is 0. The molecule has 8 heteroatoms. The van der Waals surface area contributed by atoms with Crippen LogP contribution < -0.4 is 0 Å². The molecule has 0 aliphatic rings. The first-order valence-electron chi connectivity index (χ1n) is 0. The SMILES string of the molecule is [Cu+].[Cu+].[Cu].[O-2].[O-2].[O-2].[O-2].[W+6]. The Morgan fingerprint density at radius 2 is 0.500 bits per heavy atom. The van der Waals surface area contributed by atoms with E-state index in [4.69, 9.17) is 0 Å². The fraction of sp³-hybridized carbons (Fsp3) is 0. The Bertz CT molecular complexity index is 11.2. The van der Waals surface area contributed by atoms with Gasteiger partial charge in [0.1, 0.15) is 0 Å². The van der Waals surface area contributed by atoms with Gasteiger partial charge < -0.3 is 21.9 Å². The van der Waals surface area contributed by atoms with Gasteiger partial charge in [0.05, 0.1) is 0 Å². The molecule has 0 heterocycles. The van der Waals surface area contributed by atoms with Crippen LogP contribution in [0, 0.1) is 0 Å². The summed E-state index contributed by atoms with van der Waals surface area (Å²) in [5.41, 5.74) is 0. The van der Waals surface area contributed by atoms with Crippen LogP contribution in [0.3, 0.4) is 0 Å². The molecule has 0 N–H and O–H groups in total. The van der Waals surface area contributed by atoms with Crippen molar-refractivity contribution < 1.29 is 94.2 Å². The summed E-state index contributed by atoms with van der Waals surface area (Å²) in [7, 11) is 0. The molecule has 4 nitrogen and oxygen atoms in total. The molecule has 0 saturated heterocycles. The summed E-state index contributed by atoms with van der Waals surface area (Å²) in [5.74, 6) is 0. The second-order valence-electron chi connectivity index (χ2n) is 0. The molecule has 0 aromatic rings. The standard InChI is InChI=1S/3Cu.4O.W/q;2*+1;4*-2;+6. The molecular formula is Cu3O4W. The van der Waals surface area contributed by atoms with Crippen molar-refractivity contribution in [1.82, 2.24) is 0 Å². The predicted molar refractivity (Wildman–Crippen MR) is 2.75 cm³/mol. The summed E-state index contributed by atoms with van der Waals surface area (Å²) < 4.78 is 0. The summed E-state index contributed by atoms with van der Waals surface area (Å²) in [6.45, 7) is 0. The van der Waals surface area contributed by atoms with Gasteiger partial charge in [-0.1, -0.05) is 0 Å². The van der Waals surface area contributed by atoms with Crippen molar-refractivity contribution in [3.05, 3.63) is 0 Å². The number of rotatable bonds is 0. The van der Waals surface area contributed by atoms with E-state index < -0.39 is 0 Å². The van der Waals surface area contributed by atoms with Crippen LogP contribution in [0.2, 0.25) is 0 Å². The molecule has 0 aromatic heterocycles. The third kappa shape index (κ3) is 93.3. The summed E-state index contributed by atoms with van der Waals surface area (Å²) in [6, 6.07) is 0. The first-order valence-corrected chi connectivity index (χ1v) is 0. The Labute approximate surface area is 93.5 Å². The van der Waals surface area contributed by atoms with E-state index in [1.165, 1.54) is 0 Å². The Balaban J connectivity index is 0. The first kappa shape index (κ1) is 191. The Hall–Kier alpha value is 2.09. The average molecular weight is 438 g/mol. The van der Waals surface area contributed by atoms with E-state index in [0.29, 0.717) is 0 Å². The van der Waals surface area contributed by atoms with Gasteiger partial charge in [-0.2, -0.15) is 0 Å². The van der Waals surface area contributed by atoms with Gasteiger partial charge in [-0.3, -0.25) is 0 Å². The fourth-order valence-electron chi connectivity index (χ4n) is 0. The summed E-state index contributed by atoms with van der Waals surface area (Å²) in [5, 5.41) is 0. The van der Waals surface area contributed by atoms with Crippen LogP contribution in [0.15, 0.2) is 0 Å². The third-order valence-electron chi connectivity index (χ3n) is 0. The first-order chi connectivity index (χ1) is 0. The van der Waals surface area contributed by atoms with Crippen molar-refractivity contribution in [3.8, 4) is 0 Å². The molecule has 0 unspecified atom stereocenters. The molecule has 0 aromatic carbocycles. The average Bonchev–Trinajstić information content (AvgIpc) is 0. The van der Waals surface area contributed by atoms with Crippen LogP contribution in [0.1, 0.15) is 0 Å². The number of hydrogen-bond acceptors (Lipinski definition) is 0. The van der Waals surface area contributed by atoms with Crippen molar-refractivity contribution in [3.63, 3.8) is 0 Å². The van der Waals surface area contributed by atoms with Crippen LogP contribution in [0.25, 0.3) is 0 Å². The molecule has 63 valence electrons. The quantitative estimate of drug-likeness (QED) is 0.455. The van der Waals surface area contributed by atoms with Gasteiger partial charge in [0.2, 0.25) is 0 Å². The van der Waals surface area contributed by atoms with Crippen molar-refractivity contribution in [2.24, 2.45) is 0 Å².